The maximum absolute atomic E-state index is 5.19. The predicted molar refractivity (Wildman–Crippen MR) is 42.4 cm³/mol. The van der Waals surface area contributed by atoms with Gasteiger partial charge in [-0.1, -0.05) is 0 Å². The molecule has 0 nitrogen and oxygen atoms in total. The summed E-state index contributed by atoms with van der Waals surface area (Å²) >= 11 is 0. The molecule has 0 aliphatic carbocycles. The quantitative estimate of drug-likeness (QED) is 0.496. The van der Waals surface area contributed by atoms with Gasteiger partial charge in [-0.05, 0) is 0 Å². The van der Waals surface area contributed by atoms with Gasteiger partial charge < -0.3 is 38.9 Å². The van der Waals surface area contributed by atoms with E-state index in [1.807, 2.05) is 0 Å². The third kappa shape index (κ3) is 14.7. The van der Waals surface area contributed by atoms with Crippen molar-refractivity contribution >= 4 is 7.85 Å². The zero-order valence-corrected chi connectivity index (χ0v) is 12.6. The Morgan fingerprint density at radius 3 is 2.36 bits per heavy atom. The van der Waals surface area contributed by atoms with Crippen LogP contribution in [0.2, 0.25) is 0 Å². The Hall–Kier alpha value is 1.86. The first-order valence-electron chi connectivity index (χ1n) is 3.30. The van der Waals surface area contributed by atoms with Crippen molar-refractivity contribution in [3.05, 3.63) is 26.6 Å². The molecule has 0 aliphatic heterocycles. The smallest absolute Gasteiger partial charge is 0.384 e. The van der Waals surface area contributed by atoms with Gasteiger partial charge >= 0.3 is 21.1 Å². The molecule has 0 heterocycles. The maximum Gasteiger partial charge on any atom is 2.00 e. The fraction of sp³-hybridized carbons (Fsp3) is 0.500. The zero-order valence-electron chi connectivity index (χ0n) is 6.83. The molecule has 0 aromatic carbocycles. The van der Waals surface area contributed by atoms with Crippen molar-refractivity contribution < 1.29 is 53.8 Å². The summed E-state index contributed by atoms with van der Waals surface area (Å²) in [6.45, 7) is 7.59. The summed E-state index contributed by atoms with van der Waals surface area (Å²) in [5.74, 6) is 0.419. The largest absolute Gasteiger partial charge is 2.00 e. The molecule has 3 radical (unpaired) electrons. The second-order valence-corrected chi connectivity index (χ2v) is 2.10. The first-order valence-corrected chi connectivity index (χ1v) is 3.30. The molecular formula is C8H13BWY-2. The molecular weight excluding hydrogens is 380 g/mol. The van der Waals surface area contributed by atoms with Crippen molar-refractivity contribution in [3.63, 3.8) is 0 Å². The van der Waals surface area contributed by atoms with E-state index in [9.17, 15) is 0 Å². The van der Waals surface area contributed by atoms with Crippen LogP contribution in [0.3, 0.4) is 0 Å². The van der Waals surface area contributed by atoms with E-state index in [4.69, 9.17) is 7.85 Å². The van der Waals surface area contributed by atoms with Gasteiger partial charge in [-0.2, -0.15) is 14.3 Å². The topological polar surface area (TPSA) is 0 Å². The molecule has 11 heavy (non-hydrogen) atoms. The number of rotatable bonds is 5. The van der Waals surface area contributed by atoms with Crippen molar-refractivity contribution in [1.29, 1.82) is 0 Å². The average Bonchev–Trinajstić information content (AvgIpc) is 1.85. The monoisotopic (exact) mass is 393 g/mol. The van der Waals surface area contributed by atoms with Gasteiger partial charge in [0.25, 0.3) is 0 Å². The zero-order chi connectivity index (χ0) is 7.11. The summed E-state index contributed by atoms with van der Waals surface area (Å²) in [6.07, 6.45) is 6.63. The summed E-state index contributed by atoms with van der Waals surface area (Å²) in [4.78, 5) is 0. The van der Waals surface area contributed by atoms with Crippen LogP contribution in [0.4, 0.5) is 0 Å². The fourth-order valence-corrected chi connectivity index (χ4v) is 0.664. The van der Waals surface area contributed by atoms with Gasteiger partial charge in [0.15, 0.2) is 0 Å². The van der Waals surface area contributed by atoms with Crippen molar-refractivity contribution in [1.82, 2.24) is 0 Å². The molecule has 0 aromatic heterocycles. The van der Waals surface area contributed by atoms with E-state index in [2.05, 4.69) is 20.3 Å². The number of hydrogen-bond acceptors (Lipinski definition) is 0. The van der Waals surface area contributed by atoms with Crippen molar-refractivity contribution in [3.8, 4) is 0 Å². The molecule has 0 aromatic rings. The molecule has 0 fully saturated rings. The molecule has 0 rings (SSSR count). The second kappa shape index (κ2) is 14.4. The molecule has 0 N–H and O–H groups in total. The SMILES string of the molecule is [B][CH-]CCC([CH2-])[CH-]C[CH2-].[W+2].[Y]. The standard InChI is InChI=1S/C8H13B.W.Y/c1-3-5-8(2)6-4-7-9;;/h5,7-8H,1-4,6H2;;/q-4;+2;. The molecule has 1 atom stereocenters. The third-order valence-corrected chi connectivity index (χ3v) is 1.20. The van der Waals surface area contributed by atoms with E-state index in [0.29, 0.717) is 5.92 Å². The average molecular weight is 393 g/mol. The summed E-state index contributed by atoms with van der Waals surface area (Å²) in [7, 11) is 5.19. The summed E-state index contributed by atoms with van der Waals surface area (Å²) in [5.41, 5.74) is 0. The van der Waals surface area contributed by atoms with Gasteiger partial charge in [0.2, 0.25) is 0 Å². The second-order valence-electron chi connectivity index (χ2n) is 2.10. The first kappa shape index (κ1) is 18.6. The van der Waals surface area contributed by atoms with Crippen LogP contribution in [0.25, 0.3) is 0 Å². The van der Waals surface area contributed by atoms with Crippen molar-refractivity contribution in [2.75, 3.05) is 0 Å². The van der Waals surface area contributed by atoms with Gasteiger partial charge in [0.1, 0.15) is 0 Å². The van der Waals surface area contributed by atoms with Crippen molar-refractivity contribution in [2.45, 2.75) is 19.3 Å². The minimum absolute atomic E-state index is 0. The first-order chi connectivity index (χ1) is 4.31. The van der Waals surface area contributed by atoms with Crippen LogP contribution in [0, 0.1) is 32.5 Å². The summed E-state index contributed by atoms with van der Waals surface area (Å²) in [5, 5.41) is 0. The molecule has 0 amide bonds. The van der Waals surface area contributed by atoms with E-state index < -0.39 is 0 Å². The van der Waals surface area contributed by atoms with E-state index in [1.54, 1.807) is 6.32 Å². The molecule has 0 saturated heterocycles. The Bertz CT molecular complexity index is 62.1. The Morgan fingerprint density at radius 2 is 2.00 bits per heavy atom. The Kier molecular flexibility index (Phi) is 24.3. The third-order valence-electron chi connectivity index (χ3n) is 1.20. The normalized spacial score (nSPS) is 11.1. The van der Waals surface area contributed by atoms with E-state index in [0.717, 1.165) is 19.3 Å². The summed E-state index contributed by atoms with van der Waals surface area (Å²) < 4.78 is 0. The molecule has 0 aliphatic rings. The summed E-state index contributed by atoms with van der Waals surface area (Å²) in [6, 6.07) is 0. The minimum atomic E-state index is 0. The fourth-order valence-electron chi connectivity index (χ4n) is 0.664. The van der Waals surface area contributed by atoms with Gasteiger partial charge in [-0.25, -0.2) is 0 Å². The van der Waals surface area contributed by atoms with Gasteiger partial charge in [0, 0.05) is 32.7 Å². The molecule has 1 unspecified atom stereocenters. The van der Waals surface area contributed by atoms with Crippen LogP contribution in [0.15, 0.2) is 0 Å². The van der Waals surface area contributed by atoms with Crippen LogP contribution in [-0.4, -0.2) is 7.85 Å². The van der Waals surface area contributed by atoms with Crippen LogP contribution in [-0.2, 0) is 53.8 Å². The van der Waals surface area contributed by atoms with E-state index in [-0.39, 0.29) is 53.8 Å². The van der Waals surface area contributed by atoms with Crippen molar-refractivity contribution in [2.24, 2.45) is 5.92 Å². The maximum atomic E-state index is 5.19. The Labute approximate surface area is 112 Å². The minimum Gasteiger partial charge on any atom is -0.384 e. The van der Waals surface area contributed by atoms with Gasteiger partial charge in [-0.3, -0.25) is 0 Å². The molecule has 0 bridgehead atoms. The Morgan fingerprint density at radius 1 is 1.45 bits per heavy atom. The Balaban J connectivity index is -0.000000320. The van der Waals surface area contributed by atoms with Gasteiger partial charge in [-0.15, -0.1) is 6.42 Å². The van der Waals surface area contributed by atoms with E-state index >= 15 is 0 Å². The van der Waals surface area contributed by atoms with Crippen LogP contribution in [0.5, 0.6) is 0 Å². The molecule has 0 saturated carbocycles. The van der Waals surface area contributed by atoms with Crippen LogP contribution >= 0.6 is 0 Å². The molecule has 59 valence electrons. The van der Waals surface area contributed by atoms with Gasteiger partial charge in [0.05, 0.1) is 0 Å². The predicted octanol–water partition coefficient (Wildman–Crippen LogP) is 1.97. The molecule has 0 spiro atoms. The molecule has 3 heteroatoms. The number of hydrogen-bond donors (Lipinski definition) is 0. The van der Waals surface area contributed by atoms with Crippen LogP contribution < -0.4 is 0 Å². The van der Waals surface area contributed by atoms with Crippen LogP contribution in [0.1, 0.15) is 19.3 Å². The van der Waals surface area contributed by atoms with E-state index in [1.165, 1.54) is 0 Å².